The molecule has 3 aromatic carbocycles. The summed E-state index contributed by atoms with van der Waals surface area (Å²) in [6, 6.07) is 25.1. The van der Waals surface area contributed by atoms with Crippen LogP contribution in [0.5, 0.6) is 0 Å². The van der Waals surface area contributed by atoms with Gasteiger partial charge in [-0.05, 0) is 54.4 Å². The molecule has 194 valence electrons. The van der Waals surface area contributed by atoms with Gasteiger partial charge in [-0.3, -0.25) is 9.59 Å². The van der Waals surface area contributed by atoms with Gasteiger partial charge >= 0.3 is 5.97 Å². The maximum atomic E-state index is 13.9. The van der Waals surface area contributed by atoms with Crippen LogP contribution in [0, 0.1) is 12.7 Å². The number of halogens is 1. The average Bonchev–Trinajstić information content (AvgIpc) is 3.20. The number of aromatic nitrogens is 1. The molecule has 1 amide bonds. The van der Waals surface area contributed by atoms with Crippen LogP contribution in [0.15, 0.2) is 84.9 Å². The highest BCUT2D eigenvalue weighted by molar-refractivity contribution is 6.12. The standard InChI is InChI=1S/C31H29FN2O4/c1-20-28(31(37)33-24-10-6-3-7-11-24)29(21-8-4-2-5-9-21)30(22-12-14-23(32)15-13-22)34(20)17-16-26-18-25(35)19-27(36)38-26/h2-15,25-26,35H,16-19H2,1H3,(H,33,37)/t25-,26-/m1/s1. The number of nitrogens with zero attached hydrogens (tertiary/aromatic N) is 1. The van der Waals surface area contributed by atoms with E-state index in [1.165, 1.54) is 12.1 Å². The molecule has 6 nitrogen and oxygen atoms in total. The highest BCUT2D eigenvalue weighted by Crippen LogP contribution is 2.40. The zero-order valence-corrected chi connectivity index (χ0v) is 21.1. The summed E-state index contributed by atoms with van der Waals surface area (Å²) < 4.78 is 21.4. The molecule has 38 heavy (non-hydrogen) atoms. The van der Waals surface area contributed by atoms with Crippen LogP contribution in [0.2, 0.25) is 0 Å². The molecule has 1 aliphatic rings. The van der Waals surface area contributed by atoms with Gasteiger partial charge in [0.05, 0.1) is 23.8 Å². The predicted molar refractivity (Wildman–Crippen MR) is 144 cm³/mol. The minimum atomic E-state index is -0.726. The molecule has 5 rings (SSSR count). The van der Waals surface area contributed by atoms with Gasteiger partial charge in [0, 0.05) is 36.3 Å². The van der Waals surface area contributed by atoms with Gasteiger partial charge in [0.15, 0.2) is 0 Å². The lowest BCUT2D eigenvalue weighted by atomic mass is 9.96. The maximum absolute atomic E-state index is 13.9. The molecule has 0 unspecified atom stereocenters. The molecule has 0 radical (unpaired) electrons. The van der Waals surface area contributed by atoms with E-state index in [1.807, 2.05) is 72.2 Å². The van der Waals surface area contributed by atoms with Gasteiger partial charge in [0.25, 0.3) is 5.91 Å². The Morgan fingerprint density at radius 1 is 1.00 bits per heavy atom. The van der Waals surface area contributed by atoms with Gasteiger partial charge in [-0.25, -0.2) is 4.39 Å². The minimum Gasteiger partial charge on any atom is -0.462 e. The van der Waals surface area contributed by atoms with E-state index in [-0.39, 0.29) is 18.1 Å². The molecule has 0 spiro atoms. The second-order valence-corrected chi connectivity index (χ2v) is 9.52. The molecule has 0 bridgehead atoms. The van der Waals surface area contributed by atoms with E-state index in [0.29, 0.717) is 30.6 Å². The number of aliphatic hydroxyl groups is 1. The van der Waals surface area contributed by atoms with E-state index in [4.69, 9.17) is 4.74 Å². The van der Waals surface area contributed by atoms with Gasteiger partial charge in [-0.1, -0.05) is 48.5 Å². The van der Waals surface area contributed by atoms with Gasteiger partial charge in [-0.15, -0.1) is 0 Å². The van der Waals surface area contributed by atoms with Gasteiger partial charge in [0.2, 0.25) is 0 Å². The Bertz CT molecular complexity index is 1430. The lowest BCUT2D eigenvalue weighted by molar-refractivity contribution is -0.160. The van der Waals surface area contributed by atoms with Crippen LogP contribution in [0.25, 0.3) is 22.4 Å². The number of aliphatic hydroxyl groups excluding tert-OH is 1. The van der Waals surface area contributed by atoms with Gasteiger partial charge in [-0.2, -0.15) is 0 Å². The summed E-state index contributed by atoms with van der Waals surface area (Å²) in [5.41, 5.74) is 5.05. The van der Waals surface area contributed by atoms with Crippen LogP contribution in [0.3, 0.4) is 0 Å². The Kier molecular flexibility index (Phi) is 7.38. The summed E-state index contributed by atoms with van der Waals surface area (Å²) in [6.45, 7) is 2.32. The fourth-order valence-corrected chi connectivity index (χ4v) is 5.11. The van der Waals surface area contributed by atoms with Crippen molar-refractivity contribution in [2.45, 2.75) is 44.9 Å². The van der Waals surface area contributed by atoms with Gasteiger partial charge in [0.1, 0.15) is 11.9 Å². The highest BCUT2D eigenvalue weighted by Gasteiger charge is 2.30. The number of amides is 1. The summed E-state index contributed by atoms with van der Waals surface area (Å²) in [4.78, 5) is 25.7. The van der Waals surface area contributed by atoms with Crippen molar-refractivity contribution < 1.29 is 23.8 Å². The Morgan fingerprint density at radius 2 is 1.66 bits per heavy atom. The van der Waals surface area contributed by atoms with Crippen molar-refractivity contribution in [3.63, 3.8) is 0 Å². The number of esters is 1. The quantitative estimate of drug-likeness (QED) is 0.299. The summed E-state index contributed by atoms with van der Waals surface area (Å²) in [6.07, 6.45) is -0.334. The number of cyclic esters (lactones) is 1. The first kappa shape index (κ1) is 25.4. The lowest BCUT2D eigenvalue weighted by Gasteiger charge is -2.26. The van der Waals surface area contributed by atoms with E-state index >= 15 is 0 Å². The highest BCUT2D eigenvalue weighted by atomic mass is 19.1. The molecule has 0 aliphatic carbocycles. The van der Waals surface area contributed by atoms with Crippen molar-refractivity contribution in [2.75, 3.05) is 5.32 Å². The number of carbonyl (C=O) groups excluding carboxylic acids is 2. The van der Waals surface area contributed by atoms with Crippen molar-refractivity contribution in [3.05, 3.63) is 102 Å². The van der Waals surface area contributed by atoms with E-state index in [1.54, 1.807) is 12.1 Å². The minimum absolute atomic E-state index is 0.00182. The number of hydrogen-bond acceptors (Lipinski definition) is 4. The average molecular weight is 513 g/mol. The molecular weight excluding hydrogens is 483 g/mol. The van der Waals surface area contributed by atoms with Crippen molar-refractivity contribution in [2.24, 2.45) is 0 Å². The second kappa shape index (κ2) is 11.0. The van der Waals surface area contributed by atoms with Crippen LogP contribution < -0.4 is 5.32 Å². The number of nitrogens with one attached hydrogen (secondary N) is 1. The van der Waals surface area contributed by atoms with Crippen LogP contribution >= 0.6 is 0 Å². The Hall–Kier alpha value is -4.23. The summed E-state index contributed by atoms with van der Waals surface area (Å²) in [5, 5.41) is 13.1. The van der Waals surface area contributed by atoms with E-state index in [9.17, 15) is 19.1 Å². The van der Waals surface area contributed by atoms with E-state index in [2.05, 4.69) is 5.32 Å². The van der Waals surface area contributed by atoms with Crippen molar-refractivity contribution in [3.8, 4) is 22.4 Å². The third-order valence-corrected chi connectivity index (χ3v) is 6.87. The van der Waals surface area contributed by atoms with Crippen molar-refractivity contribution >= 4 is 17.6 Å². The molecule has 1 aromatic heterocycles. The molecule has 2 atom stereocenters. The SMILES string of the molecule is Cc1c(C(=O)Nc2ccccc2)c(-c2ccccc2)c(-c2ccc(F)cc2)n1CC[C@@H]1C[C@@H](O)CC(=O)O1. The number of benzene rings is 3. The predicted octanol–water partition coefficient (Wildman–Crippen LogP) is 5.98. The van der Waals surface area contributed by atoms with Crippen LogP contribution in [0.1, 0.15) is 35.3 Å². The second-order valence-electron chi connectivity index (χ2n) is 9.52. The third kappa shape index (κ3) is 5.38. The first-order chi connectivity index (χ1) is 18.4. The largest absolute Gasteiger partial charge is 0.462 e. The van der Waals surface area contributed by atoms with E-state index in [0.717, 1.165) is 28.1 Å². The molecule has 4 aromatic rings. The maximum Gasteiger partial charge on any atom is 0.308 e. The first-order valence-electron chi connectivity index (χ1n) is 12.7. The van der Waals surface area contributed by atoms with Crippen LogP contribution in [-0.2, 0) is 16.1 Å². The van der Waals surface area contributed by atoms with E-state index < -0.39 is 18.2 Å². The Morgan fingerprint density at radius 3 is 2.32 bits per heavy atom. The summed E-state index contributed by atoms with van der Waals surface area (Å²) >= 11 is 0. The smallest absolute Gasteiger partial charge is 0.308 e. The molecular formula is C31H29FN2O4. The van der Waals surface area contributed by atoms with Crippen molar-refractivity contribution in [1.82, 2.24) is 4.57 Å². The molecule has 1 saturated heterocycles. The number of rotatable bonds is 7. The normalized spacial score (nSPS) is 17.2. The fraction of sp³-hybridized carbons (Fsp3) is 0.226. The van der Waals surface area contributed by atoms with Crippen LogP contribution in [-0.4, -0.2) is 33.8 Å². The Labute approximate surface area is 220 Å². The molecule has 1 aliphatic heterocycles. The topological polar surface area (TPSA) is 80.6 Å². The summed E-state index contributed by atoms with van der Waals surface area (Å²) in [5.74, 6) is -1.02. The molecule has 0 saturated carbocycles. The number of ether oxygens (including phenoxy) is 1. The fourth-order valence-electron chi connectivity index (χ4n) is 5.11. The zero-order chi connectivity index (χ0) is 26.6. The molecule has 1 fully saturated rings. The number of para-hydroxylation sites is 1. The zero-order valence-electron chi connectivity index (χ0n) is 21.1. The number of anilines is 1. The van der Waals surface area contributed by atoms with Gasteiger partial charge < -0.3 is 19.7 Å². The molecule has 7 heteroatoms. The monoisotopic (exact) mass is 512 g/mol. The molecule has 2 heterocycles. The number of hydrogen-bond donors (Lipinski definition) is 2. The Balaban J connectivity index is 1.64. The lowest BCUT2D eigenvalue weighted by Crippen LogP contribution is -2.33. The third-order valence-electron chi connectivity index (χ3n) is 6.87. The molecule has 2 N–H and O–H groups in total. The van der Waals surface area contributed by atoms with Crippen LogP contribution in [0.4, 0.5) is 10.1 Å². The van der Waals surface area contributed by atoms with Crippen molar-refractivity contribution in [1.29, 1.82) is 0 Å². The summed E-state index contributed by atoms with van der Waals surface area (Å²) in [7, 11) is 0. The first-order valence-corrected chi connectivity index (χ1v) is 12.7. The number of carbonyl (C=O) groups is 2.